The van der Waals surface area contributed by atoms with Gasteiger partial charge in [0.2, 0.25) is 17.5 Å². The molecule has 13 heteroatoms. The molecule has 0 bridgehead atoms. The molecule has 0 saturated carbocycles. The average Bonchev–Trinajstić information content (AvgIpc) is 3.61. The summed E-state index contributed by atoms with van der Waals surface area (Å²) in [5.74, 6) is -1.35. The number of rotatable bonds is 10. The van der Waals surface area contributed by atoms with Crippen LogP contribution in [0.5, 0.6) is 5.88 Å². The lowest BCUT2D eigenvalue weighted by molar-refractivity contribution is -0.463. The minimum absolute atomic E-state index is 0.00916. The van der Waals surface area contributed by atoms with Gasteiger partial charge in [-0.15, -0.1) is 0 Å². The number of hydrogen-bond acceptors (Lipinski definition) is 8. The Morgan fingerprint density at radius 1 is 0.981 bits per heavy atom. The molecule has 0 radical (unpaired) electrons. The second-order valence-electron chi connectivity index (χ2n) is 14.4. The molecule has 0 spiro atoms. The van der Waals surface area contributed by atoms with E-state index in [9.17, 15) is 14.7 Å². The predicted octanol–water partition coefficient (Wildman–Crippen LogP) is 5.87. The van der Waals surface area contributed by atoms with Gasteiger partial charge in [0.25, 0.3) is 0 Å². The standard InChI is InChI=1S/C41H40FN7O4Si/c1-48(2)26-13-15-28-34(18-26)54(5,6)35-20-32(49(3)4)31(42)19-30(35)36(28)27-14-12-25(17-29(27)40(51)52)33(50)16-11-23-7-9-24(10-8-23)21-53-39-37-38(45-22-44-37)46-41(43)47-39/h7-10,12-15,17-20,22,43H,11,16,21H2,1-6H3,(H2,50,51,52)/p+1. The number of allylic oxidation sites excluding steroid dienone is 5. The number of hydrogen-bond donors (Lipinski definition) is 3. The third-order valence-corrected chi connectivity index (χ3v) is 13.6. The number of aryl methyl sites for hydroxylation is 1. The van der Waals surface area contributed by atoms with Gasteiger partial charge in [0.15, 0.2) is 17.3 Å². The highest BCUT2D eigenvalue weighted by atomic mass is 28.3. The van der Waals surface area contributed by atoms with E-state index in [0.717, 1.165) is 32.8 Å². The Labute approximate surface area is 313 Å². The zero-order chi connectivity index (χ0) is 38.5. The molecule has 54 heavy (non-hydrogen) atoms. The van der Waals surface area contributed by atoms with Crippen molar-refractivity contribution in [3.05, 3.63) is 129 Å². The largest absolute Gasteiger partial charge is 0.478 e. The maximum atomic E-state index is 15.7. The van der Waals surface area contributed by atoms with Crippen LogP contribution >= 0.6 is 0 Å². The van der Waals surface area contributed by atoms with E-state index in [1.807, 2.05) is 75.6 Å². The predicted molar refractivity (Wildman–Crippen MR) is 211 cm³/mol. The summed E-state index contributed by atoms with van der Waals surface area (Å²) in [4.78, 5) is 43.8. The second kappa shape index (κ2) is 14.0. The first-order valence-corrected chi connectivity index (χ1v) is 20.5. The van der Waals surface area contributed by atoms with Crippen LogP contribution < -0.4 is 20.6 Å². The van der Waals surface area contributed by atoms with Crippen molar-refractivity contribution in [2.45, 2.75) is 32.5 Å². The van der Waals surface area contributed by atoms with Gasteiger partial charge in [0.05, 0.1) is 11.9 Å². The van der Waals surface area contributed by atoms with Crippen LogP contribution in [0.25, 0.3) is 16.7 Å². The quantitative estimate of drug-likeness (QED) is 0.0907. The van der Waals surface area contributed by atoms with Crippen LogP contribution in [0.15, 0.2) is 95.7 Å². The molecule has 0 atom stereocenters. The molecule has 2 aliphatic rings. The number of nitrogens with one attached hydrogen (secondary N) is 1. The fourth-order valence-electron chi connectivity index (χ4n) is 7.15. The number of halogens is 1. The summed E-state index contributed by atoms with van der Waals surface area (Å²) in [5, 5.41) is 12.7. The maximum Gasteiger partial charge on any atom is 0.336 e. The van der Waals surface area contributed by atoms with Crippen LogP contribution in [-0.2, 0) is 13.0 Å². The Balaban J connectivity index is 1.16. The number of aromatic carboxylic acids is 1. The van der Waals surface area contributed by atoms with Gasteiger partial charge in [0, 0.05) is 37.8 Å². The summed E-state index contributed by atoms with van der Waals surface area (Å²) in [6, 6.07) is 18.7. The fraction of sp³-hybridized carbons (Fsp3) is 0.220. The molecule has 1 aliphatic heterocycles. The zero-order valence-corrected chi connectivity index (χ0v) is 32.0. The minimum atomic E-state index is -2.40. The number of carboxylic acid groups (broad SMARTS) is 1. The molecule has 0 amide bonds. The number of H-pyrrole nitrogens is 1. The molecule has 0 saturated heterocycles. The van der Waals surface area contributed by atoms with Gasteiger partial charge < -0.3 is 25.5 Å². The van der Waals surface area contributed by atoms with Crippen LogP contribution in [0.2, 0.25) is 13.1 Å². The first-order chi connectivity index (χ1) is 25.7. The van der Waals surface area contributed by atoms with Gasteiger partial charge in [-0.05, 0) is 74.5 Å². The number of nitrogen functional groups attached to an aromatic ring is 1. The molecule has 7 rings (SSSR count). The van der Waals surface area contributed by atoms with Crippen molar-refractivity contribution in [2.75, 3.05) is 38.8 Å². The lowest BCUT2D eigenvalue weighted by Crippen LogP contribution is -2.50. The summed E-state index contributed by atoms with van der Waals surface area (Å²) < 4.78 is 23.4. The number of carbonyl (C=O) groups excluding carboxylic acids is 1. The number of Topliss-reactive ketones (excluding diaryl/α,β-unsaturated/α-hetero) is 1. The van der Waals surface area contributed by atoms with E-state index in [1.165, 1.54) is 12.4 Å². The molecule has 3 aromatic carbocycles. The van der Waals surface area contributed by atoms with Gasteiger partial charge in [-0.1, -0.05) is 55.6 Å². The summed E-state index contributed by atoms with van der Waals surface area (Å²) >= 11 is 0. The third-order valence-electron chi connectivity index (χ3n) is 10.1. The average molecular weight is 743 g/mol. The molecular formula is C41H41FN7O4Si+. The van der Waals surface area contributed by atoms with Crippen molar-refractivity contribution in [1.82, 2.24) is 19.9 Å². The number of imidazole rings is 1. The zero-order valence-electron chi connectivity index (χ0n) is 31.0. The van der Waals surface area contributed by atoms with Gasteiger partial charge in [-0.3, -0.25) is 4.79 Å². The molecule has 2 aromatic heterocycles. The lowest BCUT2D eigenvalue weighted by atomic mass is 9.86. The van der Waals surface area contributed by atoms with Gasteiger partial charge in [-0.25, -0.2) is 14.4 Å². The highest BCUT2D eigenvalue weighted by Crippen LogP contribution is 2.44. The van der Waals surface area contributed by atoms with Crippen LogP contribution in [0.4, 0.5) is 16.0 Å². The Morgan fingerprint density at radius 2 is 1.70 bits per heavy atom. The molecule has 0 fully saturated rings. The molecular weight excluding hydrogens is 702 g/mol. The molecule has 3 heterocycles. The number of ketones is 1. The lowest BCUT2D eigenvalue weighted by Gasteiger charge is -2.38. The number of benzene rings is 3. The highest BCUT2D eigenvalue weighted by Gasteiger charge is 2.42. The van der Waals surface area contributed by atoms with E-state index in [-0.39, 0.29) is 36.1 Å². The first-order valence-electron chi connectivity index (χ1n) is 17.5. The van der Waals surface area contributed by atoms with Crippen LogP contribution in [0, 0.1) is 0 Å². The number of aromatic nitrogens is 4. The molecule has 0 unspecified atom stereocenters. The normalized spacial score (nSPS) is 14.6. The number of nitrogens with two attached hydrogens (primary N) is 1. The Bertz CT molecular complexity index is 2490. The summed E-state index contributed by atoms with van der Waals surface area (Å²) in [7, 11) is 5.20. The number of anilines is 2. The third kappa shape index (κ3) is 6.62. The monoisotopic (exact) mass is 742 g/mol. The van der Waals surface area contributed by atoms with E-state index in [4.69, 9.17) is 10.5 Å². The van der Waals surface area contributed by atoms with Crippen LogP contribution in [0.1, 0.15) is 49.4 Å². The van der Waals surface area contributed by atoms with Gasteiger partial charge in [0.1, 0.15) is 34.3 Å². The number of carboxylic acids is 1. The number of carbonyl (C=O) groups is 2. The molecule has 11 nitrogen and oxygen atoms in total. The number of fused-ring (bicyclic) bond motifs is 3. The Hall–Kier alpha value is -6.21. The second-order valence-corrected chi connectivity index (χ2v) is 18.8. The Kier molecular flexibility index (Phi) is 9.36. The number of aromatic amines is 1. The smallest absolute Gasteiger partial charge is 0.336 e. The van der Waals surface area contributed by atoms with E-state index >= 15 is 4.39 Å². The maximum absolute atomic E-state index is 15.7. The van der Waals surface area contributed by atoms with Crippen LogP contribution in [0.3, 0.4) is 0 Å². The van der Waals surface area contributed by atoms with Gasteiger partial charge >= 0.3 is 5.97 Å². The summed E-state index contributed by atoms with van der Waals surface area (Å²) in [5.41, 5.74) is 13.1. The summed E-state index contributed by atoms with van der Waals surface area (Å²) in [6.07, 6.45) is 5.61. The Morgan fingerprint density at radius 3 is 2.41 bits per heavy atom. The number of nitrogens with zero attached hydrogens (tertiary/aromatic N) is 5. The van der Waals surface area contributed by atoms with E-state index in [0.29, 0.717) is 51.4 Å². The number of ether oxygens (including phenoxy) is 1. The molecule has 274 valence electrons. The van der Waals surface area contributed by atoms with Crippen molar-refractivity contribution >= 4 is 59.1 Å². The van der Waals surface area contributed by atoms with Gasteiger partial charge in [-0.2, -0.15) is 14.4 Å². The molecule has 4 N–H and O–H groups in total. The SMILES string of the molecule is CN(C)c1ccc2c(c1)[Si](C)(C)C1=CC(=[N+](C)C)C(F)=CC1=C2c1ccc(C(=O)CCc2ccc(COc3nc(N)nc4nc[nH]c34)cc2)cc1C(=O)O. The van der Waals surface area contributed by atoms with Crippen molar-refractivity contribution in [3.8, 4) is 5.88 Å². The van der Waals surface area contributed by atoms with Crippen molar-refractivity contribution in [2.24, 2.45) is 0 Å². The first kappa shape index (κ1) is 36.2. The van der Waals surface area contributed by atoms with Crippen LogP contribution in [-0.4, -0.2) is 83.3 Å². The van der Waals surface area contributed by atoms with E-state index in [1.54, 1.807) is 22.8 Å². The van der Waals surface area contributed by atoms with Crippen molar-refractivity contribution < 1.29 is 28.4 Å². The summed E-state index contributed by atoms with van der Waals surface area (Å²) in [6.45, 7) is 4.73. The molecule has 5 aromatic rings. The molecule has 1 aliphatic carbocycles. The van der Waals surface area contributed by atoms with Crippen molar-refractivity contribution in [3.63, 3.8) is 0 Å². The van der Waals surface area contributed by atoms with E-state index < -0.39 is 14.0 Å². The van der Waals surface area contributed by atoms with E-state index in [2.05, 4.69) is 39.1 Å². The highest BCUT2D eigenvalue weighted by molar-refractivity contribution is 6.98. The van der Waals surface area contributed by atoms with Crippen molar-refractivity contribution in [1.29, 1.82) is 0 Å². The topological polar surface area (TPSA) is 150 Å². The minimum Gasteiger partial charge on any atom is -0.478 e. The fourth-order valence-corrected chi connectivity index (χ4v) is 10.2.